The lowest BCUT2D eigenvalue weighted by Crippen LogP contribution is -2.38. The van der Waals surface area contributed by atoms with Crippen LogP contribution in [0.15, 0.2) is 5.16 Å². The van der Waals surface area contributed by atoms with Gasteiger partial charge in [-0.25, -0.2) is 0 Å². The lowest BCUT2D eigenvalue weighted by atomic mass is 9.95. The van der Waals surface area contributed by atoms with Gasteiger partial charge in [0, 0.05) is 6.04 Å². The second kappa shape index (κ2) is 15.0. The van der Waals surface area contributed by atoms with Crippen LogP contribution in [0.2, 0.25) is 0 Å². The predicted octanol–water partition coefficient (Wildman–Crippen LogP) is 6.05. The van der Waals surface area contributed by atoms with Gasteiger partial charge < -0.3 is 10.5 Å². The van der Waals surface area contributed by atoms with Gasteiger partial charge in [0.1, 0.15) is 0 Å². The zero-order valence-electron chi connectivity index (χ0n) is 15.5. The number of rotatable bonds is 12. The topological polar surface area (TPSA) is 44.6 Å². The molecule has 0 bridgehead atoms. The van der Waals surface area contributed by atoms with Gasteiger partial charge in [-0.1, -0.05) is 89.1 Å². The van der Waals surface area contributed by atoms with E-state index in [1.165, 1.54) is 89.9 Å². The number of nitrogens with one attached hydrogen (secondary N) is 1. The molecule has 0 aliphatic heterocycles. The maximum Gasteiger partial charge on any atom is 0.0739 e. The van der Waals surface area contributed by atoms with Crippen molar-refractivity contribution in [1.29, 1.82) is 0 Å². The second-order valence-corrected chi connectivity index (χ2v) is 7.23. The molecule has 1 fully saturated rings. The molecule has 1 unspecified atom stereocenters. The van der Waals surface area contributed by atoms with E-state index in [1.807, 2.05) is 0 Å². The summed E-state index contributed by atoms with van der Waals surface area (Å²) in [5.74, 6) is 0. The van der Waals surface area contributed by atoms with Gasteiger partial charge in [-0.2, -0.15) is 0 Å². The lowest BCUT2D eigenvalue weighted by Gasteiger charge is -2.22. The molecule has 1 aliphatic carbocycles. The van der Waals surface area contributed by atoms with Crippen LogP contribution in [-0.4, -0.2) is 23.5 Å². The van der Waals surface area contributed by atoms with Gasteiger partial charge in [-0.3, -0.25) is 0 Å². The Balaban J connectivity index is 1.96. The average molecular weight is 325 g/mol. The van der Waals surface area contributed by atoms with E-state index in [1.54, 1.807) is 0 Å². The minimum Gasteiger partial charge on any atom is -0.411 e. The smallest absolute Gasteiger partial charge is 0.0739 e. The molecule has 0 heterocycles. The number of hydrogen-bond acceptors (Lipinski definition) is 3. The van der Waals surface area contributed by atoms with E-state index in [2.05, 4.69) is 17.4 Å². The van der Waals surface area contributed by atoms with Crippen LogP contribution < -0.4 is 5.32 Å². The lowest BCUT2D eigenvalue weighted by molar-refractivity contribution is 0.311. The second-order valence-electron chi connectivity index (χ2n) is 7.23. The Labute approximate surface area is 144 Å². The summed E-state index contributed by atoms with van der Waals surface area (Å²) >= 11 is 0. The summed E-state index contributed by atoms with van der Waals surface area (Å²) in [5.41, 5.74) is 0.983. The van der Waals surface area contributed by atoms with Gasteiger partial charge in [0.2, 0.25) is 0 Å². The monoisotopic (exact) mass is 324 g/mol. The van der Waals surface area contributed by atoms with Crippen molar-refractivity contribution >= 4 is 5.71 Å². The minimum absolute atomic E-state index is 0.318. The fourth-order valence-corrected chi connectivity index (χ4v) is 3.58. The molecule has 3 nitrogen and oxygen atoms in total. The maximum atomic E-state index is 9.20. The molecule has 1 rings (SSSR count). The molecule has 1 atom stereocenters. The van der Waals surface area contributed by atoms with E-state index < -0.39 is 0 Å². The largest absolute Gasteiger partial charge is 0.411 e. The summed E-state index contributed by atoms with van der Waals surface area (Å²) < 4.78 is 0. The third-order valence-corrected chi connectivity index (χ3v) is 5.13. The molecule has 0 saturated heterocycles. The summed E-state index contributed by atoms with van der Waals surface area (Å²) in [6, 6.07) is 0.318. The number of oxime groups is 1. The zero-order valence-corrected chi connectivity index (χ0v) is 15.5. The van der Waals surface area contributed by atoms with E-state index in [0.717, 1.165) is 25.1 Å². The number of hydrogen-bond donors (Lipinski definition) is 2. The molecule has 23 heavy (non-hydrogen) atoms. The highest BCUT2D eigenvalue weighted by atomic mass is 16.4. The Morgan fingerprint density at radius 2 is 1.48 bits per heavy atom. The van der Waals surface area contributed by atoms with Crippen LogP contribution in [0.5, 0.6) is 0 Å². The van der Waals surface area contributed by atoms with Crippen LogP contribution in [0.4, 0.5) is 0 Å². The van der Waals surface area contributed by atoms with Crippen molar-refractivity contribution in [3.8, 4) is 0 Å². The van der Waals surface area contributed by atoms with Gasteiger partial charge in [0.15, 0.2) is 0 Å². The summed E-state index contributed by atoms with van der Waals surface area (Å²) in [6.45, 7) is 3.35. The first-order chi connectivity index (χ1) is 11.4. The fraction of sp³-hybridized carbons (Fsp3) is 0.950. The molecule has 3 heteroatoms. The van der Waals surface area contributed by atoms with Crippen molar-refractivity contribution in [2.75, 3.05) is 6.54 Å². The fourth-order valence-electron chi connectivity index (χ4n) is 3.58. The van der Waals surface area contributed by atoms with Gasteiger partial charge >= 0.3 is 0 Å². The third kappa shape index (κ3) is 10.8. The molecule has 0 aromatic carbocycles. The van der Waals surface area contributed by atoms with Gasteiger partial charge in [-0.15, -0.1) is 0 Å². The van der Waals surface area contributed by atoms with E-state index in [-0.39, 0.29) is 0 Å². The number of unbranched alkanes of at least 4 members (excludes halogenated alkanes) is 9. The quantitative estimate of drug-likeness (QED) is 0.261. The normalized spacial score (nSPS) is 21.3. The van der Waals surface area contributed by atoms with Crippen LogP contribution >= 0.6 is 0 Å². The first-order valence-electron chi connectivity index (χ1n) is 10.3. The number of nitrogens with zero attached hydrogens (tertiary/aromatic N) is 1. The summed E-state index contributed by atoms with van der Waals surface area (Å²) in [5, 5.41) is 16.4. The molecule has 1 aliphatic rings. The maximum absolute atomic E-state index is 9.20. The minimum atomic E-state index is 0.318. The molecular formula is C20H40N2O. The summed E-state index contributed by atoms with van der Waals surface area (Å²) in [6.07, 6.45) is 21.0. The van der Waals surface area contributed by atoms with Gasteiger partial charge in [0.25, 0.3) is 0 Å². The van der Waals surface area contributed by atoms with Crippen molar-refractivity contribution in [3.63, 3.8) is 0 Å². The van der Waals surface area contributed by atoms with Gasteiger partial charge in [0.05, 0.1) is 5.71 Å². The molecule has 2 N–H and O–H groups in total. The zero-order chi connectivity index (χ0) is 16.6. The third-order valence-electron chi connectivity index (χ3n) is 5.13. The standard InChI is InChI=1S/C20H40N2O/c1-2-3-4-5-6-7-8-9-12-15-18-21-19-16-13-10-11-14-17-20(19)22-23/h19,21,23H,2-18H2,1H3/b22-20+. The Kier molecular flexibility index (Phi) is 13.3. The molecule has 0 spiro atoms. The molecule has 1 saturated carbocycles. The van der Waals surface area contributed by atoms with E-state index >= 15 is 0 Å². The van der Waals surface area contributed by atoms with E-state index in [9.17, 15) is 5.21 Å². The highest BCUT2D eigenvalue weighted by Crippen LogP contribution is 2.16. The van der Waals surface area contributed by atoms with Gasteiger partial charge in [-0.05, 0) is 32.2 Å². The Morgan fingerprint density at radius 3 is 2.13 bits per heavy atom. The van der Waals surface area contributed by atoms with Crippen LogP contribution in [0, 0.1) is 0 Å². The van der Waals surface area contributed by atoms with Crippen molar-refractivity contribution in [3.05, 3.63) is 0 Å². The van der Waals surface area contributed by atoms with Crippen molar-refractivity contribution in [1.82, 2.24) is 5.32 Å². The summed E-state index contributed by atoms with van der Waals surface area (Å²) in [4.78, 5) is 0. The predicted molar refractivity (Wildman–Crippen MR) is 101 cm³/mol. The Hall–Kier alpha value is -0.570. The SMILES string of the molecule is CCCCCCCCCCCCNC1CCCCCC/C1=N\O. The molecule has 0 amide bonds. The summed E-state index contributed by atoms with van der Waals surface area (Å²) in [7, 11) is 0. The van der Waals surface area contributed by atoms with Crippen molar-refractivity contribution in [2.24, 2.45) is 5.16 Å². The van der Waals surface area contributed by atoms with Crippen LogP contribution in [0.25, 0.3) is 0 Å². The average Bonchev–Trinajstić information content (AvgIpc) is 2.54. The Bertz CT molecular complexity index is 291. The van der Waals surface area contributed by atoms with Crippen molar-refractivity contribution in [2.45, 2.75) is 116 Å². The van der Waals surface area contributed by atoms with E-state index in [0.29, 0.717) is 6.04 Å². The first kappa shape index (κ1) is 20.5. The molecule has 136 valence electrons. The highest BCUT2D eigenvalue weighted by molar-refractivity contribution is 5.89. The van der Waals surface area contributed by atoms with Crippen LogP contribution in [0.1, 0.15) is 110 Å². The molecular weight excluding hydrogens is 284 g/mol. The first-order valence-corrected chi connectivity index (χ1v) is 10.3. The highest BCUT2D eigenvalue weighted by Gasteiger charge is 2.17. The van der Waals surface area contributed by atoms with Crippen LogP contribution in [-0.2, 0) is 0 Å². The van der Waals surface area contributed by atoms with E-state index in [4.69, 9.17) is 0 Å². The van der Waals surface area contributed by atoms with Crippen molar-refractivity contribution < 1.29 is 5.21 Å². The molecule has 0 aromatic rings. The Morgan fingerprint density at radius 1 is 0.870 bits per heavy atom. The molecule has 0 radical (unpaired) electrons. The van der Waals surface area contributed by atoms with Crippen LogP contribution in [0.3, 0.4) is 0 Å². The molecule has 0 aromatic heterocycles.